The molecule has 3 heterocycles. The van der Waals surface area contributed by atoms with Gasteiger partial charge in [-0.25, -0.2) is 9.89 Å². The number of fused-ring (bicyclic) bond motifs is 1. The molecule has 0 saturated heterocycles. The van der Waals surface area contributed by atoms with Gasteiger partial charge in [0.2, 0.25) is 0 Å². The third-order valence-corrected chi connectivity index (χ3v) is 4.66. The van der Waals surface area contributed by atoms with Crippen LogP contribution in [0.5, 0.6) is 0 Å². The minimum atomic E-state index is -0.189. The molecule has 1 N–H and O–H groups in total. The standard InChI is InChI=1S/C16H12N4OS/c21-16-19-18-10-20(16)9-12-4-5-15(22-12)14-3-1-2-11-8-17-7-6-13(11)14/h1-8,10H,9H2,(H,19,21). The Balaban J connectivity index is 1.74. The highest BCUT2D eigenvalue weighted by atomic mass is 32.1. The van der Waals surface area contributed by atoms with E-state index in [-0.39, 0.29) is 5.69 Å². The molecule has 22 heavy (non-hydrogen) atoms. The predicted octanol–water partition coefficient (Wildman–Crippen LogP) is 2.90. The number of hydrogen-bond donors (Lipinski definition) is 1. The number of rotatable bonds is 3. The van der Waals surface area contributed by atoms with Crippen LogP contribution in [-0.4, -0.2) is 19.7 Å². The van der Waals surface area contributed by atoms with Crippen molar-refractivity contribution in [3.63, 3.8) is 0 Å². The average Bonchev–Trinajstić information content (AvgIpc) is 3.17. The molecule has 1 aromatic carbocycles. The topological polar surface area (TPSA) is 63.6 Å². The normalized spacial score (nSPS) is 11.1. The lowest BCUT2D eigenvalue weighted by atomic mass is 10.1. The second kappa shape index (κ2) is 5.23. The van der Waals surface area contributed by atoms with E-state index in [0.717, 1.165) is 10.3 Å². The Kier molecular flexibility index (Phi) is 3.08. The SMILES string of the molecule is O=c1[nH]ncn1Cc1ccc(-c2cccc3cnccc23)s1. The van der Waals surface area contributed by atoms with Crippen molar-refractivity contribution in [3.05, 3.63) is 70.5 Å². The molecular formula is C16H12N4OS. The van der Waals surface area contributed by atoms with Gasteiger partial charge < -0.3 is 0 Å². The van der Waals surface area contributed by atoms with Gasteiger partial charge in [-0.2, -0.15) is 5.10 Å². The van der Waals surface area contributed by atoms with Crippen LogP contribution in [0, 0.1) is 0 Å². The monoisotopic (exact) mass is 308 g/mol. The highest BCUT2D eigenvalue weighted by molar-refractivity contribution is 7.15. The maximum atomic E-state index is 11.5. The van der Waals surface area contributed by atoms with Crippen molar-refractivity contribution < 1.29 is 0 Å². The van der Waals surface area contributed by atoms with Gasteiger partial charge in [0.05, 0.1) is 6.54 Å². The maximum absolute atomic E-state index is 11.5. The minimum Gasteiger partial charge on any atom is -0.276 e. The van der Waals surface area contributed by atoms with Gasteiger partial charge in [0.15, 0.2) is 0 Å². The summed E-state index contributed by atoms with van der Waals surface area (Å²) >= 11 is 1.69. The summed E-state index contributed by atoms with van der Waals surface area (Å²) in [6, 6.07) is 12.4. The van der Waals surface area contributed by atoms with E-state index >= 15 is 0 Å². The molecule has 5 nitrogen and oxygen atoms in total. The van der Waals surface area contributed by atoms with Crippen molar-refractivity contribution >= 4 is 22.1 Å². The summed E-state index contributed by atoms with van der Waals surface area (Å²) in [4.78, 5) is 18.0. The quantitative estimate of drug-likeness (QED) is 0.633. The zero-order chi connectivity index (χ0) is 14.9. The fourth-order valence-corrected chi connectivity index (χ4v) is 3.54. The van der Waals surface area contributed by atoms with Crippen molar-refractivity contribution in [2.45, 2.75) is 6.54 Å². The highest BCUT2D eigenvalue weighted by Crippen LogP contribution is 2.33. The molecule has 0 aliphatic heterocycles. The van der Waals surface area contributed by atoms with Crippen LogP contribution in [0.4, 0.5) is 0 Å². The molecular weight excluding hydrogens is 296 g/mol. The molecule has 0 aliphatic carbocycles. The first-order valence-corrected chi connectivity index (χ1v) is 7.64. The number of aromatic amines is 1. The Morgan fingerprint density at radius 2 is 2.14 bits per heavy atom. The Morgan fingerprint density at radius 1 is 1.18 bits per heavy atom. The van der Waals surface area contributed by atoms with Crippen LogP contribution in [0.1, 0.15) is 4.88 Å². The lowest BCUT2D eigenvalue weighted by molar-refractivity contribution is 0.772. The fraction of sp³-hybridized carbons (Fsp3) is 0.0625. The first-order valence-electron chi connectivity index (χ1n) is 6.83. The lowest BCUT2D eigenvalue weighted by Crippen LogP contribution is -2.16. The van der Waals surface area contributed by atoms with Gasteiger partial charge in [0, 0.05) is 27.5 Å². The van der Waals surface area contributed by atoms with E-state index in [4.69, 9.17) is 0 Å². The van der Waals surface area contributed by atoms with Crippen LogP contribution in [0.3, 0.4) is 0 Å². The molecule has 0 unspecified atom stereocenters. The first kappa shape index (κ1) is 13.0. The smallest absolute Gasteiger partial charge is 0.276 e. The summed E-state index contributed by atoms with van der Waals surface area (Å²) in [5, 5.41) is 8.47. The zero-order valence-electron chi connectivity index (χ0n) is 11.6. The Morgan fingerprint density at radius 3 is 3.00 bits per heavy atom. The molecule has 0 spiro atoms. The number of aromatic nitrogens is 4. The highest BCUT2D eigenvalue weighted by Gasteiger charge is 2.08. The summed E-state index contributed by atoms with van der Waals surface area (Å²) in [7, 11) is 0. The van der Waals surface area contributed by atoms with Crippen molar-refractivity contribution in [2.75, 3.05) is 0 Å². The maximum Gasteiger partial charge on any atom is 0.343 e. The number of pyridine rings is 1. The predicted molar refractivity (Wildman–Crippen MR) is 87.0 cm³/mol. The largest absolute Gasteiger partial charge is 0.343 e. The fourth-order valence-electron chi connectivity index (χ4n) is 2.50. The summed E-state index contributed by atoms with van der Waals surface area (Å²) in [5.41, 5.74) is 1.00. The van der Waals surface area contributed by atoms with Crippen molar-refractivity contribution in [1.29, 1.82) is 0 Å². The number of nitrogens with zero attached hydrogens (tertiary/aromatic N) is 3. The molecule has 0 atom stereocenters. The molecule has 0 amide bonds. The van der Waals surface area contributed by atoms with Crippen LogP contribution in [0.2, 0.25) is 0 Å². The van der Waals surface area contributed by atoms with E-state index in [9.17, 15) is 4.79 Å². The summed E-state index contributed by atoms with van der Waals surface area (Å²) in [6.07, 6.45) is 5.20. The lowest BCUT2D eigenvalue weighted by Gasteiger charge is -2.03. The zero-order valence-corrected chi connectivity index (χ0v) is 12.4. The number of H-pyrrole nitrogens is 1. The van der Waals surface area contributed by atoms with E-state index in [1.807, 2.05) is 24.5 Å². The second-order valence-electron chi connectivity index (χ2n) is 4.96. The Hall–Kier alpha value is -2.73. The third kappa shape index (κ3) is 2.23. The third-order valence-electron chi connectivity index (χ3n) is 3.55. The molecule has 0 saturated carbocycles. The number of benzene rings is 1. The van der Waals surface area contributed by atoms with E-state index < -0.39 is 0 Å². The molecule has 4 aromatic rings. The van der Waals surface area contributed by atoms with Gasteiger partial charge in [0.25, 0.3) is 0 Å². The van der Waals surface area contributed by atoms with Gasteiger partial charge in [-0.1, -0.05) is 18.2 Å². The average molecular weight is 308 g/mol. The first-order chi connectivity index (χ1) is 10.8. The van der Waals surface area contributed by atoms with E-state index in [2.05, 4.69) is 39.4 Å². The van der Waals surface area contributed by atoms with E-state index in [1.165, 1.54) is 22.2 Å². The van der Waals surface area contributed by atoms with Crippen molar-refractivity contribution in [1.82, 2.24) is 19.7 Å². The Bertz CT molecular complexity index is 993. The molecule has 0 aliphatic rings. The van der Waals surface area contributed by atoms with E-state index in [0.29, 0.717) is 6.54 Å². The number of nitrogens with one attached hydrogen (secondary N) is 1. The number of hydrogen-bond acceptors (Lipinski definition) is 4. The Labute approximate surface area is 129 Å². The molecule has 108 valence electrons. The van der Waals surface area contributed by atoms with Gasteiger partial charge in [0.1, 0.15) is 6.33 Å². The summed E-state index contributed by atoms with van der Waals surface area (Å²) in [5.74, 6) is 0. The van der Waals surface area contributed by atoms with Crippen molar-refractivity contribution in [3.8, 4) is 10.4 Å². The summed E-state index contributed by atoms with van der Waals surface area (Å²) in [6.45, 7) is 0.534. The van der Waals surface area contributed by atoms with Crippen LogP contribution in [0.15, 0.2) is 59.9 Å². The molecule has 4 rings (SSSR count). The van der Waals surface area contributed by atoms with Crippen LogP contribution in [0.25, 0.3) is 21.2 Å². The molecule has 0 bridgehead atoms. The van der Waals surface area contributed by atoms with Gasteiger partial charge in [-0.05, 0) is 29.1 Å². The van der Waals surface area contributed by atoms with Gasteiger partial charge >= 0.3 is 5.69 Å². The molecule has 6 heteroatoms. The molecule has 0 radical (unpaired) electrons. The minimum absolute atomic E-state index is 0.189. The summed E-state index contributed by atoms with van der Waals surface area (Å²) < 4.78 is 1.56. The van der Waals surface area contributed by atoms with Gasteiger partial charge in [-0.3, -0.25) is 9.55 Å². The van der Waals surface area contributed by atoms with Gasteiger partial charge in [-0.15, -0.1) is 11.3 Å². The number of thiophene rings is 1. The van der Waals surface area contributed by atoms with Crippen molar-refractivity contribution in [2.24, 2.45) is 0 Å². The molecule has 0 fully saturated rings. The van der Waals surface area contributed by atoms with Crippen LogP contribution >= 0.6 is 11.3 Å². The second-order valence-corrected chi connectivity index (χ2v) is 6.13. The molecule has 3 aromatic heterocycles. The van der Waals surface area contributed by atoms with E-state index in [1.54, 1.807) is 15.9 Å². The van der Waals surface area contributed by atoms with Crippen LogP contribution in [-0.2, 0) is 6.54 Å². The van der Waals surface area contributed by atoms with Crippen LogP contribution < -0.4 is 5.69 Å².